The first kappa shape index (κ1) is 16.5. The van der Waals surface area contributed by atoms with Crippen LogP contribution in [0.5, 0.6) is 5.75 Å². The summed E-state index contributed by atoms with van der Waals surface area (Å²) in [5.41, 5.74) is 0. The fourth-order valence-electron chi connectivity index (χ4n) is 2.62. The number of piperazine rings is 1. The Morgan fingerprint density at radius 1 is 1.12 bits per heavy atom. The maximum absolute atomic E-state index is 12.6. The third-order valence-corrected chi connectivity index (χ3v) is 4.23. The number of para-hydroxylation sites is 1. The van der Waals surface area contributed by atoms with Crippen molar-refractivity contribution in [3.05, 3.63) is 47.7 Å². The van der Waals surface area contributed by atoms with E-state index in [-0.39, 0.29) is 5.91 Å². The summed E-state index contributed by atoms with van der Waals surface area (Å²) >= 11 is 6.08. The zero-order valence-corrected chi connectivity index (χ0v) is 14.2. The van der Waals surface area contributed by atoms with Crippen LogP contribution in [0.4, 0.5) is 5.95 Å². The van der Waals surface area contributed by atoms with Crippen molar-refractivity contribution in [2.24, 2.45) is 0 Å². The van der Waals surface area contributed by atoms with Gasteiger partial charge in [-0.15, -0.1) is 0 Å². The van der Waals surface area contributed by atoms with Crippen LogP contribution in [-0.4, -0.2) is 53.1 Å². The zero-order chi connectivity index (χ0) is 16.9. The maximum Gasteiger partial charge on any atom is 0.263 e. The molecule has 1 aliphatic rings. The Balaban J connectivity index is 1.56. The third-order valence-electron chi connectivity index (χ3n) is 3.91. The van der Waals surface area contributed by atoms with Gasteiger partial charge in [-0.3, -0.25) is 4.79 Å². The summed E-state index contributed by atoms with van der Waals surface area (Å²) < 4.78 is 5.71. The first-order valence-corrected chi connectivity index (χ1v) is 8.25. The van der Waals surface area contributed by atoms with E-state index in [9.17, 15) is 4.79 Å². The van der Waals surface area contributed by atoms with E-state index in [1.807, 2.05) is 12.1 Å². The molecule has 1 amide bonds. The van der Waals surface area contributed by atoms with Crippen molar-refractivity contribution in [1.82, 2.24) is 14.9 Å². The SMILES string of the molecule is C[C@@H](Oc1ccccc1Cl)C(=O)N1CCN(c2ncccn2)CC1. The van der Waals surface area contributed by atoms with Crippen molar-refractivity contribution >= 4 is 23.5 Å². The van der Waals surface area contributed by atoms with E-state index in [0.717, 1.165) is 0 Å². The van der Waals surface area contributed by atoms with E-state index in [4.69, 9.17) is 16.3 Å². The number of halogens is 1. The van der Waals surface area contributed by atoms with Crippen molar-refractivity contribution in [1.29, 1.82) is 0 Å². The predicted molar refractivity (Wildman–Crippen MR) is 92.4 cm³/mol. The molecule has 1 fully saturated rings. The Kier molecular flexibility index (Phi) is 5.15. The van der Waals surface area contributed by atoms with E-state index < -0.39 is 6.10 Å². The van der Waals surface area contributed by atoms with Gasteiger partial charge >= 0.3 is 0 Å². The van der Waals surface area contributed by atoms with Crippen molar-refractivity contribution in [2.45, 2.75) is 13.0 Å². The molecule has 3 rings (SSSR count). The monoisotopic (exact) mass is 346 g/mol. The molecule has 1 saturated heterocycles. The molecule has 6 nitrogen and oxygen atoms in total. The van der Waals surface area contributed by atoms with Crippen LogP contribution in [0.3, 0.4) is 0 Å². The summed E-state index contributed by atoms with van der Waals surface area (Å²) in [6.45, 7) is 4.39. The van der Waals surface area contributed by atoms with Crippen LogP contribution >= 0.6 is 11.6 Å². The minimum absolute atomic E-state index is 0.0384. The van der Waals surface area contributed by atoms with Crippen molar-refractivity contribution in [2.75, 3.05) is 31.1 Å². The Bertz CT molecular complexity index is 690. The number of benzene rings is 1. The van der Waals surface area contributed by atoms with Gasteiger partial charge in [0.2, 0.25) is 5.95 Å². The molecular formula is C17H19ClN4O2. The molecule has 2 heterocycles. The highest BCUT2D eigenvalue weighted by molar-refractivity contribution is 6.32. The number of hydrogen-bond acceptors (Lipinski definition) is 5. The highest BCUT2D eigenvalue weighted by Crippen LogP contribution is 2.24. The summed E-state index contributed by atoms with van der Waals surface area (Å²) in [4.78, 5) is 24.9. The largest absolute Gasteiger partial charge is 0.479 e. The molecule has 1 aliphatic heterocycles. The van der Waals surface area contributed by atoms with Crippen LogP contribution in [0.1, 0.15) is 6.92 Å². The minimum Gasteiger partial charge on any atom is -0.479 e. The van der Waals surface area contributed by atoms with Crippen molar-refractivity contribution < 1.29 is 9.53 Å². The van der Waals surface area contributed by atoms with Crippen molar-refractivity contribution in [3.63, 3.8) is 0 Å². The second-order valence-corrected chi connectivity index (χ2v) is 5.96. The average molecular weight is 347 g/mol. The summed E-state index contributed by atoms with van der Waals surface area (Å²) in [5.74, 6) is 1.19. The average Bonchev–Trinajstić information content (AvgIpc) is 2.64. The standard InChI is InChI=1S/C17H19ClN4O2/c1-13(24-15-6-3-2-5-14(15)18)16(23)21-9-11-22(12-10-21)17-19-7-4-8-20-17/h2-8,13H,9-12H2,1H3/t13-/m1/s1. The van der Waals surface area contributed by atoms with Crippen LogP contribution in [0, 0.1) is 0 Å². The molecule has 0 unspecified atom stereocenters. The van der Waals surface area contributed by atoms with Crippen LogP contribution in [0.2, 0.25) is 5.02 Å². The number of aromatic nitrogens is 2. The number of anilines is 1. The topological polar surface area (TPSA) is 58.6 Å². The van der Waals surface area contributed by atoms with Gasteiger partial charge in [0.05, 0.1) is 5.02 Å². The molecule has 126 valence electrons. The van der Waals surface area contributed by atoms with Gasteiger partial charge in [0.1, 0.15) is 5.75 Å². The molecule has 0 radical (unpaired) electrons. The second kappa shape index (κ2) is 7.49. The summed E-state index contributed by atoms with van der Waals surface area (Å²) in [7, 11) is 0. The van der Waals surface area contributed by atoms with E-state index >= 15 is 0 Å². The quantitative estimate of drug-likeness (QED) is 0.849. The summed E-state index contributed by atoms with van der Waals surface area (Å²) in [5, 5.41) is 0.503. The first-order chi connectivity index (χ1) is 11.6. The van der Waals surface area contributed by atoms with E-state index in [1.54, 1.807) is 42.4 Å². The molecule has 1 aromatic carbocycles. The molecule has 1 atom stereocenters. The number of rotatable bonds is 4. The lowest BCUT2D eigenvalue weighted by molar-refractivity contribution is -0.138. The number of hydrogen-bond donors (Lipinski definition) is 0. The number of nitrogens with zero attached hydrogens (tertiary/aromatic N) is 4. The van der Waals surface area contributed by atoms with E-state index in [1.165, 1.54) is 0 Å². The maximum atomic E-state index is 12.6. The van der Waals surface area contributed by atoms with Gasteiger partial charge in [-0.25, -0.2) is 9.97 Å². The molecule has 0 spiro atoms. The third kappa shape index (κ3) is 3.76. The molecule has 0 aliphatic carbocycles. The molecule has 0 N–H and O–H groups in total. The lowest BCUT2D eigenvalue weighted by Gasteiger charge is -2.35. The van der Waals surface area contributed by atoms with Gasteiger partial charge in [0, 0.05) is 38.6 Å². The molecule has 24 heavy (non-hydrogen) atoms. The van der Waals surface area contributed by atoms with Crippen LogP contribution in [0.15, 0.2) is 42.7 Å². The number of carbonyl (C=O) groups excluding carboxylic acids is 1. The van der Waals surface area contributed by atoms with Crippen LogP contribution in [0.25, 0.3) is 0 Å². The van der Waals surface area contributed by atoms with E-state index in [2.05, 4.69) is 14.9 Å². The second-order valence-electron chi connectivity index (χ2n) is 5.55. The highest BCUT2D eigenvalue weighted by Gasteiger charge is 2.27. The van der Waals surface area contributed by atoms with Crippen LogP contribution in [-0.2, 0) is 4.79 Å². The number of carbonyl (C=O) groups is 1. The van der Waals surface area contributed by atoms with Gasteiger partial charge < -0.3 is 14.5 Å². The Morgan fingerprint density at radius 3 is 2.46 bits per heavy atom. The molecule has 1 aromatic heterocycles. The molecule has 2 aromatic rings. The van der Waals surface area contributed by atoms with Gasteiger partial charge in [0.15, 0.2) is 6.10 Å². The molecule has 0 saturated carbocycles. The fourth-order valence-corrected chi connectivity index (χ4v) is 2.80. The predicted octanol–water partition coefficient (Wildman–Crippen LogP) is 2.25. The van der Waals surface area contributed by atoms with Gasteiger partial charge in [0.25, 0.3) is 5.91 Å². The normalized spacial score (nSPS) is 15.9. The smallest absolute Gasteiger partial charge is 0.263 e. The first-order valence-electron chi connectivity index (χ1n) is 7.87. The molecule has 0 bridgehead atoms. The number of ether oxygens (including phenoxy) is 1. The number of amides is 1. The Morgan fingerprint density at radius 2 is 1.79 bits per heavy atom. The minimum atomic E-state index is -0.579. The van der Waals surface area contributed by atoms with Gasteiger partial charge in [-0.05, 0) is 25.1 Å². The summed E-state index contributed by atoms with van der Waals surface area (Å²) in [6.07, 6.45) is 2.86. The zero-order valence-electron chi connectivity index (χ0n) is 13.4. The van der Waals surface area contributed by atoms with Crippen LogP contribution < -0.4 is 9.64 Å². The summed E-state index contributed by atoms with van der Waals surface area (Å²) in [6, 6.07) is 8.95. The lowest BCUT2D eigenvalue weighted by Crippen LogP contribution is -2.52. The molecule has 7 heteroatoms. The Labute approximate surface area is 146 Å². The van der Waals surface area contributed by atoms with Crippen molar-refractivity contribution in [3.8, 4) is 5.75 Å². The van der Waals surface area contributed by atoms with Gasteiger partial charge in [-0.1, -0.05) is 23.7 Å². The van der Waals surface area contributed by atoms with E-state index in [0.29, 0.717) is 42.9 Å². The lowest BCUT2D eigenvalue weighted by atomic mass is 10.2. The fraction of sp³-hybridized carbons (Fsp3) is 0.353. The van der Waals surface area contributed by atoms with Gasteiger partial charge in [-0.2, -0.15) is 0 Å². The molecular weight excluding hydrogens is 328 g/mol. The Hall–Kier alpha value is -2.34. The highest BCUT2D eigenvalue weighted by atomic mass is 35.5.